The van der Waals surface area contributed by atoms with Gasteiger partial charge in [0.15, 0.2) is 6.23 Å². The molecule has 2 aromatic rings. The molecule has 0 fully saturated rings. The molecule has 0 heterocycles. The van der Waals surface area contributed by atoms with Crippen LogP contribution in [-0.2, 0) is 0 Å². The van der Waals surface area contributed by atoms with Crippen LogP contribution in [0.4, 0.5) is 11.4 Å². The summed E-state index contributed by atoms with van der Waals surface area (Å²) in [4.78, 5) is 0. The molecule has 0 aliphatic rings. The number of hydrogen-bond donors (Lipinski definition) is 1. The summed E-state index contributed by atoms with van der Waals surface area (Å²) >= 11 is 0. The van der Waals surface area contributed by atoms with Gasteiger partial charge in [-0.2, -0.15) is 0 Å². The van der Waals surface area contributed by atoms with Crippen LogP contribution in [0.25, 0.3) is 0 Å². The van der Waals surface area contributed by atoms with Crippen LogP contribution in [0.2, 0.25) is 0 Å². The molecule has 1 N–H and O–H groups in total. The van der Waals surface area contributed by atoms with E-state index < -0.39 is 10.9 Å². The minimum absolute atomic E-state index is 0.522. The smallest absolute Gasteiger partial charge is 0.196 e. The van der Waals surface area contributed by atoms with Gasteiger partial charge in [0, 0.05) is 6.92 Å². The number of hydroxylamine groups is 1. The van der Waals surface area contributed by atoms with Gasteiger partial charge < -0.3 is 10.3 Å². The van der Waals surface area contributed by atoms with Crippen molar-refractivity contribution in [3.05, 3.63) is 65.9 Å². The Balaban J connectivity index is 2.55. The predicted octanol–water partition coefficient (Wildman–Crippen LogP) is 3.16. The van der Waals surface area contributed by atoms with E-state index in [2.05, 4.69) is 0 Å². The first kappa shape index (κ1) is 11.8. The summed E-state index contributed by atoms with van der Waals surface area (Å²) in [6.07, 6.45) is -1.06. The summed E-state index contributed by atoms with van der Waals surface area (Å²) in [6.45, 7) is 1.51. The number of hydrogen-bond acceptors (Lipinski definition) is 2. The van der Waals surface area contributed by atoms with Gasteiger partial charge in [0.2, 0.25) is 0 Å². The molecule has 3 nitrogen and oxygen atoms in total. The van der Waals surface area contributed by atoms with E-state index in [4.69, 9.17) is 0 Å². The Morgan fingerprint density at radius 2 is 1.24 bits per heavy atom. The van der Waals surface area contributed by atoms with Gasteiger partial charge >= 0.3 is 0 Å². The zero-order chi connectivity index (χ0) is 12.3. The van der Waals surface area contributed by atoms with Crippen LogP contribution in [0.3, 0.4) is 0 Å². The highest BCUT2D eigenvalue weighted by atomic mass is 16.6. The first-order valence-corrected chi connectivity index (χ1v) is 5.54. The average molecular weight is 229 g/mol. The maximum absolute atomic E-state index is 12.9. The van der Waals surface area contributed by atoms with Crippen molar-refractivity contribution in [2.75, 3.05) is 0 Å². The zero-order valence-corrected chi connectivity index (χ0v) is 9.65. The number of para-hydroxylation sites is 2. The van der Waals surface area contributed by atoms with Gasteiger partial charge in [0.25, 0.3) is 0 Å². The summed E-state index contributed by atoms with van der Waals surface area (Å²) in [6, 6.07) is 17.8. The summed E-state index contributed by atoms with van der Waals surface area (Å²) in [5.41, 5.74) is 1.04. The molecule has 0 aliphatic carbocycles. The van der Waals surface area contributed by atoms with E-state index in [1.54, 1.807) is 48.5 Å². The third-order valence-electron chi connectivity index (χ3n) is 2.81. The van der Waals surface area contributed by atoms with E-state index in [1.165, 1.54) is 6.92 Å². The van der Waals surface area contributed by atoms with E-state index in [1.807, 2.05) is 12.1 Å². The van der Waals surface area contributed by atoms with Crippen LogP contribution in [0.15, 0.2) is 60.7 Å². The van der Waals surface area contributed by atoms with Crippen LogP contribution >= 0.6 is 0 Å². The number of aliphatic hydroxyl groups is 1. The molecule has 1 unspecified atom stereocenters. The Bertz CT molecular complexity index is 429. The molecule has 0 saturated heterocycles. The van der Waals surface area contributed by atoms with Crippen molar-refractivity contribution in [3.8, 4) is 0 Å². The lowest BCUT2D eigenvalue weighted by atomic mass is 10.2. The molecule has 0 bridgehead atoms. The quantitative estimate of drug-likeness (QED) is 0.499. The fourth-order valence-electron chi connectivity index (χ4n) is 1.88. The Labute approximate surface area is 101 Å². The molecule has 17 heavy (non-hydrogen) atoms. The fourth-order valence-corrected chi connectivity index (χ4v) is 1.88. The molecule has 0 aromatic heterocycles. The minimum atomic E-state index is -1.06. The van der Waals surface area contributed by atoms with E-state index in [0.717, 1.165) is 0 Å². The Kier molecular flexibility index (Phi) is 3.24. The van der Waals surface area contributed by atoms with Crippen LogP contribution in [0.1, 0.15) is 6.92 Å². The average Bonchev–Trinajstić information content (AvgIpc) is 2.39. The lowest BCUT2D eigenvalue weighted by Gasteiger charge is -2.43. The van der Waals surface area contributed by atoms with E-state index >= 15 is 0 Å². The fraction of sp³-hybridized carbons (Fsp3) is 0.143. The molecule has 2 rings (SSSR count). The highest BCUT2D eigenvalue weighted by Gasteiger charge is 2.28. The van der Waals surface area contributed by atoms with Gasteiger partial charge in [-0.15, -0.1) is 0 Å². The molecule has 1 atom stereocenters. The largest absolute Gasteiger partial charge is 0.620 e. The molecule has 0 aliphatic heterocycles. The zero-order valence-electron chi connectivity index (χ0n) is 9.65. The van der Waals surface area contributed by atoms with Crippen molar-refractivity contribution in [3.63, 3.8) is 0 Å². The van der Waals surface area contributed by atoms with Crippen LogP contribution in [0.5, 0.6) is 0 Å². The summed E-state index contributed by atoms with van der Waals surface area (Å²) in [7, 11) is 0. The first-order chi connectivity index (χ1) is 8.15. The van der Waals surface area contributed by atoms with Gasteiger partial charge in [-0.3, -0.25) is 4.65 Å². The number of rotatable bonds is 3. The minimum Gasteiger partial charge on any atom is -0.620 e. The lowest BCUT2D eigenvalue weighted by molar-refractivity contribution is 0.0939. The molecular formula is C14H15NO2. The summed E-state index contributed by atoms with van der Waals surface area (Å²) < 4.78 is -0.859. The number of nitrogens with zero attached hydrogens (tertiary/aromatic N) is 1. The second-order valence-corrected chi connectivity index (χ2v) is 3.96. The lowest BCUT2D eigenvalue weighted by Crippen LogP contribution is -2.45. The van der Waals surface area contributed by atoms with Crippen molar-refractivity contribution < 1.29 is 5.11 Å². The normalized spacial score (nSPS) is 13.4. The number of aliphatic hydroxyl groups excluding tert-OH is 1. The number of quaternary nitrogens is 1. The maximum atomic E-state index is 12.9. The van der Waals surface area contributed by atoms with Crippen LogP contribution in [-0.4, -0.2) is 11.3 Å². The van der Waals surface area contributed by atoms with Crippen molar-refractivity contribution in [1.29, 1.82) is 0 Å². The Morgan fingerprint density at radius 1 is 0.882 bits per heavy atom. The van der Waals surface area contributed by atoms with Gasteiger partial charge in [-0.25, -0.2) is 0 Å². The highest BCUT2D eigenvalue weighted by Crippen LogP contribution is 2.35. The highest BCUT2D eigenvalue weighted by molar-refractivity contribution is 5.59. The number of benzene rings is 2. The predicted molar refractivity (Wildman–Crippen MR) is 69.4 cm³/mol. The monoisotopic (exact) mass is 229 g/mol. The molecular weight excluding hydrogens is 214 g/mol. The third-order valence-corrected chi connectivity index (χ3v) is 2.81. The molecule has 0 amide bonds. The van der Waals surface area contributed by atoms with E-state index in [9.17, 15) is 10.3 Å². The van der Waals surface area contributed by atoms with Gasteiger partial charge in [-0.05, 0) is 24.3 Å². The second-order valence-electron chi connectivity index (χ2n) is 3.96. The molecule has 0 radical (unpaired) electrons. The molecule has 3 heteroatoms. The third kappa shape index (κ3) is 2.08. The van der Waals surface area contributed by atoms with E-state index in [-0.39, 0.29) is 0 Å². The van der Waals surface area contributed by atoms with Crippen molar-refractivity contribution >= 4 is 11.4 Å². The van der Waals surface area contributed by atoms with Crippen molar-refractivity contribution in [2.45, 2.75) is 13.2 Å². The second kappa shape index (κ2) is 4.67. The topological polar surface area (TPSA) is 43.3 Å². The maximum Gasteiger partial charge on any atom is 0.196 e. The molecule has 0 spiro atoms. The first-order valence-electron chi connectivity index (χ1n) is 5.54. The van der Waals surface area contributed by atoms with Crippen molar-refractivity contribution in [2.24, 2.45) is 0 Å². The van der Waals surface area contributed by atoms with Crippen LogP contribution < -0.4 is 4.65 Å². The van der Waals surface area contributed by atoms with Gasteiger partial charge in [-0.1, -0.05) is 36.4 Å². The molecule has 0 saturated carbocycles. The molecule has 88 valence electrons. The van der Waals surface area contributed by atoms with E-state index in [0.29, 0.717) is 11.4 Å². The Hall–Kier alpha value is -1.68. The van der Waals surface area contributed by atoms with Gasteiger partial charge in [0.05, 0.1) is 0 Å². The van der Waals surface area contributed by atoms with Gasteiger partial charge in [0.1, 0.15) is 11.4 Å². The summed E-state index contributed by atoms with van der Waals surface area (Å²) in [5, 5.41) is 22.7. The molecule has 2 aromatic carbocycles. The van der Waals surface area contributed by atoms with Crippen molar-refractivity contribution in [1.82, 2.24) is 4.65 Å². The Morgan fingerprint density at radius 3 is 1.53 bits per heavy atom. The standard InChI is InChI=1S/C14H15NO2/c1-12(16)15(17,13-8-4-2-5-9-13)14-10-6-3-7-11-14/h2-12,16H,1H3. The van der Waals surface area contributed by atoms with Crippen LogP contribution in [0, 0.1) is 5.21 Å². The summed E-state index contributed by atoms with van der Waals surface area (Å²) in [5.74, 6) is 0. The SMILES string of the molecule is CC(O)[N+]([O-])(c1ccccc1)c1ccccc1.